The van der Waals surface area contributed by atoms with E-state index in [-0.39, 0.29) is 5.82 Å². The number of para-hydroxylation sites is 1. The average molecular weight is 524 g/mol. The van der Waals surface area contributed by atoms with Crippen LogP contribution in [0.15, 0.2) is 67.0 Å². The van der Waals surface area contributed by atoms with E-state index in [0.717, 1.165) is 34.4 Å². The molecule has 4 aromatic heterocycles. The largest absolute Gasteiger partial charge is 0.495 e. The predicted molar refractivity (Wildman–Crippen MR) is 148 cm³/mol. The van der Waals surface area contributed by atoms with Crippen LogP contribution in [-0.2, 0) is 0 Å². The van der Waals surface area contributed by atoms with Crippen molar-refractivity contribution in [2.75, 3.05) is 34.4 Å². The number of benzene rings is 2. The van der Waals surface area contributed by atoms with Crippen LogP contribution in [0.4, 0.5) is 4.39 Å². The van der Waals surface area contributed by atoms with Crippen LogP contribution in [0.3, 0.4) is 0 Å². The number of nitrogens with one attached hydrogen (secondary N) is 2. The quantitative estimate of drug-likeness (QED) is 0.278. The Morgan fingerprint density at radius 2 is 1.77 bits per heavy atom. The van der Waals surface area contributed by atoms with Gasteiger partial charge in [-0.1, -0.05) is 12.1 Å². The summed E-state index contributed by atoms with van der Waals surface area (Å²) in [5.74, 6) is 1.30. The number of halogens is 1. The SMILES string of the molecule is COc1cncc(-c2ccc3[nH]nc(-c4nc5c(-c6cc(F)cc(OCCN(C)C)c6)cccc5[nH]4)c3n2)c1. The van der Waals surface area contributed by atoms with E-state index in [0.29, 0.717) is 46.2 Å². The first-order valence-electron chi connectivity index (χ1n) is 12.4. The van der Waals surface area contributed by atoms with E-state index in [2.05, 4.69) is 20.2 Å². The van der Waals surface area contributed by atoms with E-state index >= 15 is 0 Å². The Labute approximate surface area is 223 Å². The first-order valence-corrected chi connectivity index (χ1v) is 12.4. The van der Waals surface area contributed by atoms with Crippen LogP contribution in [0, 0.1) is 5.82 Å². The molecular formula is C29H26FN7O2. The molecule has 2 N–H and O–H groups in total. The summed E-state index contributed by atoms with van der Waals surface area (Å²) >= 11 is 0. The second kappa shape index (κ2) is 10.1. The van der Waals surface area contributed by atoms with Gasteiger partial charge in [-0.25, -0.2) is 14.4 Å². The fraction of sp³-hybridized carbons (Fsp3) is 0.172. The van der Waals surface area contributed by atoms with Gasteiger partial charge in [-0.15, -0.1) is 0 Å². The Kier molecular flexibility index (Phi) is 6.37. The zero-order valence-electron chi connectivity index (χ0n) is 21.7. The highest BCUT2D eigenvalue weighted by atomic mass is 19.1. The zero-order valence-corrected chi connectivity index (χ0v) is 21.7. The number of imidazole rings is 1. The Morgan fingerprint density at radius 3 is 2.62 bits per heavy atom. The molecule has 0 bridgehead atoms. The Bertz CT molecular complexity index is 1790. The topological polar surface area (TPSA) is 105 Å². The van der Waals surface area contributed by atoms with Crippen molar-refractivity contribution < 1.29 is 13.9 Å². The molecule has 4 heterocycles. The highest BCUT2D eigenvalue weighted by Crippen LogP contribution is 2.34. The maximum atomic E-state index is 14.6. The molecule has 0 fully saturated rings. The third-order valence-corrected chi connectivity index (χ3v) is 6.38. The van der Waals surface area contributed by atoms with Gasteiger partial charge in [0.05, 0.1) is 35.6 Å². The van der Waals surface area contributed by atoms with Crippen LogP contribution in [0.2, 0.25) is 0 Å². The molecule has 0 radical (unpaired) electrons. The number of aromatic nitrogens is 6. The normalized spacial score (nSPS) is 11.5. The molecule has 6 aromatic rings. The zero-order chi connectivity index (χ0) is 26.9. The fourth-order valence-electron chi connectivity index (χ4n) is 4.42. The number of methoxy groups -OCH3 is 1. The summed E-state index contributed by atoms with van der Waals surface area (Å²) in [6, 6.07) is 16.2. The van der Waals surface area contributed by atoms with Crippen molar-refractivity contribution in [1.82, 2.24) is 35.0 Å². The summed E-state index contributed by atoms with van der Waals surface area (Å²) in [6.07, 6.45) is 3.39. The maximum Gasteiger partial charge on any atom is 0.161 e. The molecule has 6 rings (SSSR count). The van der Waals surface area contributed by atoms with Crippen LogP contribution in [-0.4, -0.2) is 69.4 Å². The number of fused-ring (bicyclic) bond motifs is 2. The van der Waals surface area contributed by atoms with Gasteiger partial charge in [0.25, 0.3) is 0 Å². The fourth-order valence-corrected chi connectivity index (χ4v) is 4.42. The predicted octanol–water partition coefficient (Wildman–Crippen LogP) is 5.32. The van der Waals surface area contributed by atoms with Crippen LogP contribution in [0.25, 0.3) is 56.0 Å². The number of hydrogen-bond donors (Lipinski definition) is 2. The Morgan fingerprint density at radius 1 is 0.897 bits per heavy atom. The Hall–Kier alpha value is -4.83. The first kappa shape index (κ1) is 24.5. The molecule has 9 nitrogen and oxygen atoms in total. The smallest absolute Gasteiger partial charge is 0.161 e. The van der Waals surface area contributed by atoms with E-state index in [4.69, 9.17) is 19.4 Å². The molecule has 0 saturated carbocycles. The summed E-state index contributed by atoms with van der Waals surface area (Å²) in [7, 11) is 5.53. The first-order chi connectivity index (χ1) is 19.0. The summed E-state index contributed by atoms with van der Waals surface area (Å²) in [5, 5.41) is 7.54. The van der Waals surface area contributed by atoms with Gasteiger partial charge in [0.1, 0.15) is 29.4 Å². The maximum absolute atomic E-state index is 14.6. The summed E-state index contributed by atoms with van der Waals surface area (Å²) < 4.78 is 25.7. The lowest BCUT2D eigenvalue weighted by molar-refractivity contribution is 0.260. The minimum atomic E-state index is -0.373. The van der Waals surface area contributed by atoms with Gasteiger partial charge in [-0.3, -0.25) is 10.1 Å². The number of pyridine rings is 2. The molecule has 0 atom stereocenters. The lowest BCUT2D eigenvalue weighted by Crippen LogP contribution is -2.19. The molecule has 0 aliphatic heterocycles. The number of H-pyrrole nitrogens is 2. The second-order valence-electron chi connectivity index (χ2n) is 9.39. The molecule has 2 aromatic carbocycles. The van der Waals surface area contributed by atoms with Crippen LogP contribution in [0.1, 0.15) is 0 Å². The van der Waals surface area contributed by atoms with Gasteiger partial charge in [0, 0.05) is 29.9 Å². The van der Waals surface area contributed by atoms with Crippen LogP contribution in [0.5, 0.6) is 11.5 Å². The van der Waals surface area contributed by atoms with Crippen molar-refractivity contribution in [2.45, 2.75) is 0 Å². The minimum absolute atomic E-state index is 0.373. The minimum Gasteiger partial charge on any atom is -0.495 e. The molecule has 0 aliphatic rings. The number of likely N-dealkylation sites (N-methyl/N-ethyl adjacent to an activating group) is 1. The highest BCUT2D eigenvalue weighted by molar-refractivity contribution is 5.96. The number of rotatable bonds is 8. The van der Waals surface area contributed by atoms with E-state index in [1.807, 2.05) is 61.5 Å². The van der Waals surface area contributed by atoms with Crippen molar-refractivity contribution in [3.63, 3.8) is 0 Å². The van der Waals surface area contributed by atoms with Gasteiger partial charge >= 0.3 is 0 Å². The highest BCUT2D eigenvalue weighted by Gasteiger charge is 2.17. The number of aromatic amines is 2. The number of ether oxygens (including phenoxy) is 2. The van der Waals surface area contributed by atoms with E-state index in [1.54, 1.807) is 19.5 Å². The molecule has 39 heavy (non-hydrogen) atoms. The van der Waals surface area contributed by atoms with Gasteiger partial charge < -0.3 is 19.4 Å². The van der Waals surface area contributed by atoms with Gasteiger partial charge in [-0.2, -0.15) is 5.10 Å². The molecule has 0 spiro atoms. The Balaban J connectivity index is 1.40. The molecule has 0 unspecified atom stereocenters. The molecular weight excluding hydrogens is 497 g/mol. The molecule has 10 heteroatoms. The van der Waals surface area contributed by atoms with Crippen LogP contribution < -0.4 is 9.47 Å². The van der Waals surface area contributed by atoms with E-state index < -0.39 is 0 Å². The monoisotopic (exact) mass is 523 g/mol. The lowest BCUT2D eigenvalue weighted by Gasteiger charge is -2.12. The van der Waals surface area contributed by atoms with Crippen molar-refractivity contribution in [3.8, 4) is 45.4 Å². The number of hydrogen-bond acceptors (Lipinski definition) is 7. The van der Waals surface area contributed by atoms with Crippen LogP contribution >= 0.6 is 0 Å². The standard InChI is InChI=1S/C29H26FN7O2/c1-37(2)9-10-39-20-12-17(11-19(30)14-20)22-5-4-6-24-26(22)34-29(33-24)28-27-25(35-36-28)8-7-23(32-27)18-13-21(38-3)16-31-15-18/h4-8,11-16H,9-10H2,1-3H3,(H,33,34)(H,35,36). The van der Waals surface area contributed by atoms with Crippen molar-refractivity contribution in [3.05, 3.63) is 72.8 Å². The summed E-state index contributed by atoms with van der Waals surface area (Å²) in [4.78, 5) is 19.3. The third-order valence-electron chi connectivity index (χ3n) is 6.38. The van der Waals surface area contributed by atoms with E-state index in [9.17, 15) is 4.39 Å². The summed E-state index contributed by atoms with van der Waals surface area (Å²) in [5.41, 5.74) is 6.52. The molecule has 0 saturated heterocycles. The van der Waals surface area contributed by atoms with Crippen molar-refractivity contribution in [1.29, 1.82) is 0 Å². The molecule has 0 amide bonds. The van der Waals surface area contributed by atoms with Gasteiger partial charge in [0.2, 0.25) is 0 Å². The second-order valence-corrected chi connectivity index (χ2v) is 9.39. The summed E-state index contributed by atoms with van der Waals surface area (Å²) in [6.45, 7) is 1.19. The van der Waals surface area contributed by atoms with Gasteiger partial charge in [0.15, 0.2) is 11.5 Å². The van der Waals surface area contributed by atoms with Gasteiger partial charge in [-0.05, 0) is 56.1 Å². The van der Waals surface area contributed by atoms with E-state index in [1.165, 1.54) is 12.1 Å². The van der Waals surface area contributed by atoms with Crippen molar-refractivity contribution in [2.24, 2.45) is 0 Å². The molecule has 196 valence electrons. The number of nitrogens with zero attached hydrogens (tertiary/aromatic N) is 5. The lowest BCUT2D eigenvalue weighted by atomic mass is 10.0. The van der Waals surface area contributed by atoms with Crippen molar-refractivity contribution >= 4 is 22.1 Å². The average Bonchev–Trinajstić information content (AvgIpc) is 3.56. The molecule has 0 aliphatic carbocycles. The third kappa shape index (κ3) is 4.89.